The Balaban J connectivity index is 2.30. The van der Waals surface area contributed by atoms with Crippen molar-refractivity contribution in [1.82, 2.24) is 5.43 Å². The maximum absolute atomic E-state index is 12.1. The molecule has 5 nitrogen and oxygen atoms in total. The van der Waals surface area contributed by atoms with Gasteiger partial charge in [-0.25, -0.2) is 13.8 Å². The van der Waals surface area contributed by atoms with Crippen molar-refractivity contribution in [2.24, 2.45) is 5.10 Å². The molecule has 0 unspecified atom stereocenters. The van der Waals surface area contributed by atoms with Crippen LogP contribution in [0.25, 0.3) is 6.08 Å². The summed E-state index contributed by atoms with van der Waals surface area (Å²) in [6.07, 6.45) is 9.37. The predicted molar refractivity (Wildman–Crippen MR) is 81.2 cm³/mol. The number of benzene rings is 1. The first kappa shape index (κ1) is 15.0. The summed E-state index contributed by atoms with van der Waals surface area (Å²) < 4.78 is 24.2. The van der Waals surface area contributed by atoms with E-state index in [-0.39, 0.29) is 16.6 Å². The van der Waals surface area contributed by atoms with Crippen molar-refractivity contribution in [3.8, 4) is 12.3 Å². The minimum Gasteiger partial charge on any atom is -0.273 e. The molecule has 1 heterocycles. The van der Waals surface area contributed by atoms with Crippen molar-refractivity contribution in [2.45, 2.75) is 17.7 Å². The van der Waals surface area contributed by atoms with Crippen LogP contribution in [0.5, 0.6) is 0 Å². The van der Waals surface area contributed by atoms with Crippen molar-refractivity contribution < 1.29 is 13.2 Å². The molecule has 0 bridgehead atoms. The Hall–Kier alpha value is -2.39. The summed E-state index contributed by atoms with van der Waals surface area (Å²) in [6.45, 7) is 0. The first-order valence-corrected chi connectivity index (χ1v) is 7.97. The third kappa shape index (κ3) is 3.80. The second-order valence-corrected chi connectivity index (χ2v) is 6.43. The van der Waals surface area contributed by atoms with Gasteiger partial charge < -0.3 is 0 Å². The van der Waals surface area contributed by atoms with E-state index < -0.39 is 9.84 Å². The lowest BCUT2D eigenvalue weighted by molar-refractivity contribution is -0.121. The molecule has 0 radical (unpaired) electrons. The third-order valence-electron chi connectivity index (χ3n) is 2.92. The molecule has 0 aliphatic carbocycles. The molecule has 0 saturated carbocycles. The highest BCUT2D eigenvalue weighted by Crippen LogP contribution is 2.18. The summed E-state index contributed by atoms with van der Waals surface area (Å²) in [5.74, 6) is 1.70. The standard InChI is InChI=1S/C15H14N2O3S/c1-2-11-21(19,20)14-6-4-3-5-12(14)7-8-13-9-10-15(18)17-16-13/h1,3-8H,9-11H2,(H,17,18). The molecule has 0 aromatic heterocycles. The minimum atomic E-state index is -3.50. The quantitative estimate of drug-likeness (QED) is 0.854. The van der Waals surface area contributed by atoms with Gasteiger partial charge in [0.2, 0.25) is 5.91 Å². The molecule has 2 rings (SSSR count). The number of hydrogen-bond acceptors (Lipinski definition) is 4. The second-order valence-electron chi connectivity index (χ2n) is 4.47. The zero-order chi connectivity index (χ0) is 15.3. The molecule has 1 N–H and O–H groups in total. The van der Waals surface area contributed by atoms with Gasteiger partial charge in [-0.1, -0.05) is 30.2 Å². The van der Waals surface area contributed by atoms with Crippen molar-refractivity contribution >= 4 is 27.5 Å². The Morgan fingerprint density at radius 1 is 1.29 bits per heavy atom. The van der Waals surface area contributed by atoms with Gasteiger partial charge in [-0.3, -0.25) is 4.79 Å². The van der Waals surface area contributed by atoms with Crippen LogP contribution in [0.3, 0.4) is 0 Å². The summed E-state index contributed by atoms with van der Waals surface area (Å²) in [6, 6.07) is 6.62. The van der Waals surface area contributed by atoms with Crippen molar-refractivity contribution in [3.05, 3.63) is 35.9 Å². The zero-order valence-corrected chi connectivity index (χ0v) is 12.1. The molecule has 1 aliphatic rings. The second kappa shape index (κ2) is 6.37. The van der Waals surface area contributed by atoms with E-state index in [1.165, 1.54) is 6.07 Å². The third-order valence-corrected chi connectivity index (χ3v) is 4.50. The lowest BCUT2D eigenvalue weighted by atomic mass is 10.1. The van der Waals surface area contributed by atoms with Gasteiger partial charge in [-0.15, -0.1) is 6.42 Å². The first-order valence-electron chi connectivity index (χ1n) is 6.31. The van der Waals surface area contributed by atoms with Crippen molar-refractivity contribution in [2.75, 3.05) is 5.75 Å². The normalized spacial score (nSPS) is 15.4. The molecule has 21 heavy (non-hydrogen) atoms. The number of carbonyl (C=O) groups is 1. The lowest BCUT2D eigenvalue weighted by Gasteiger charge is -2.09. The van der Waals surface area contributed by atoms with Crippen LogP contribution in [0.1, 0.15) is 18.4 Å². The minimum absolute atomic E-state index is 0.121. The van der Waals surface area contributed by atoms with Crippen LogP contribution < -0.4 is 5.43 Å². The summed E-state index contributed by atoms with van der Waals surface area (Å²) in [4.78, 5) is 11.2. The molecule has 0 saturated heterocycles. The smallest absolute Gasteiger partial charge is 0.240 e. The van der Waals surface area contributed by atoms with E-state index in [0.29, 0.717) is 24.1 Å². The molecule has 6 heteroatoms. The highest BCUT2D eigenvalue weighted by molar-refractivity contribution is 7.91. The highest BCUT2D eigenvalue weighted by atomic mass is 32.2. The number of terminal acetylenes is 1. The number of hydrazone groups is 1. The monoisotopic (exact) mass is 302 g/mol. The highest BCUT2D eigenvalue weighted by Gasteiger charge is 2.16. The van der Waals surface area contributed by atoms with Gasteiger partial charge in [0.25, 0.3) is 0 Å². The maximum atomic E-state index is 12.1. The molecular weight excluding hydrogens is 288 g/mol. The largest absolute Gasteiger partial charge is 0.273 e. The van der Waals surface area contributed by atoms with Crippen molar-refractivity contribution in [3.63, 3.8) is 0 Å². The summed E-state index contributed by atoms with van der Waals surface area (Å²) in [5.41, 5.74) is 3.63. The van der Waals surface area contributed by atoms with E-state index in [2.05, 4.69) is 16.4 Å². The van der Waals surface area contributed by atoms with Crippen LogP contribution in [-0.2, 0) is 14.6 Å². The molecule has 1 aromatic carbocycles. The van der Waals surface area contributed by atoms with E-state index in [1.807, 2.05) is 0 Å². The van der Waals surface area contributed by atoms with Crippen LogP contribution in [0.2, 0.25) is 0 Å². The molecule has 1 aliphatic heterocycles. The number of hydrogen-bond donors (Lipinski definition) is 1. The summed E-state index contributed by atoms with van der Waals surface area (Å²) in [5, 5.41) is 3.90. The van der Waals surface area contributed by atoms with E-state index in [1.54, 1.807) is 30.4 Å². The Bertz CT molecular complexity index is 755. The topological polar surface area (TPSA) is 75.6 Å². The van der Waals surface area contributed by atoms with E-state index in [9.17, 15) is 13.2 Å². The Kier molecular flexibility index (Phi) is 4.55. The average Bonchev–Trinajstić information content (AvgIpc) is 2.47. The van der Waals surface area contributed by atoms with E-state index >= 15 is 0 Å². The molecule has 108 valence electrons. The fourth-order valence-corrected chi connectivity index (χ4v) is 3.04. The average molecular weight is 302 g/mol. The molecule has 0 atom stereocenters. The van der Waals surface area contributed by atoms with Crippen LogP contribution in [0.4, 0.5) is 0 Å². The first-order chi connectivity index (χ1) is 10.0. The van der Waals surface area contributed by atoms with Crippen LogP contribution in [0, 0.1) is 12.3 Å². The van der Waals surface area contributed by atoms with Crippen LogP contribution in [0.15, 0.2) is 40.3 Å². The number of rotatable bonds is 4. The Labute approximate surface area is 123 Å². The fourth-order valence-electron chi connectivity index (χ4n) is 1.88. The van der Waals surface area contributed by atoms with Crippen molar-refractivity contribution in [1.29, 1.82) is 0 Å². The number of amides is 1. The summed E-state index contributed by atoms with van der Waals surface area (Å²) >= 11 is 0. The van der Waals surface area contributed by atoms with E-state index in [0.717, 1.165) is 0 Å². The summed E-state index contributed by atoms with van der Waals surface area (Å²) in [7, 11) is -3.50. The van der Waals surface area contributed by atoms with Gasteiger partial charge in [0.05, 0.1) is 10.6 Å². The number of carbonyl (C=O) groups excluding carboxylic acids is 1. The molecule has 1 aromatic rings. The predicted octanol–water partition coefficient (Wildman–Crippen LogP) is 1.37. The van der Waals surface area contributed by atoms with Crippen LogP contribution >= 0.6 is 0 Å². The molecule has 0 spiro atoms. The van der Waals surface area contributed by atoms with Gasteiger partial charge in [-0.05, 0) is 17.7 Å². The van der Waals surface area contributed by atoms with Crippen LogP contribution in [-0.4, -0.2) is 25.8 Å². The van der Waals surface area contributed by atoms with Gasteiger partial charge in [-0.2, -0.15) is 5.10 Å². The molecule has 1 amide bonds. The zero-order valence-electron chi connectivity index (χ0n) is 11.2. The SMILES string of the molecule is C#CCS(=O)(=O)c1ccccc1C=CC1=NNC(=O)CC1. The number of allylic oxidation sites excluding steroid dienone is 1. The number of nitrogens with one attached hydrogen (secondary N) is 1. The Morgan fingerprint density at radius 3 is 2.71 bits per heavy atom. The number of sulfone groups is 1. The maximum Gasteiger partial charge on any atom is 0.240 e. The Morgan fingerprint density at radius 2 is 2.05 bits per heavy atom. The van der Waals surface area contributed by atoms with Gasteiger partial charge >= 0.3 is 0 Å². The fraction of sp³-hybridized carbons (Fsp3) is 0.200. The number of nitrogens with zero attached hydrogens (tertiary/aromatic N) is 1. The van der Waals surface area contributed by atoms with E-state index in [4.69, 9.17) is 6.42 Å². The lowest BCUT2D eigenvalue weighted by Crippen LogP contribution is -2.24. The van der Waals surface area contributed by atoms with Gasteiger partial charge in [0.15, 0.2) is 9.84 Å². The molecule has 0 fully saturated rings. The van der Waals surface area contributed by atoms with Gasteiger partial charge in [0, 0.05) is 12.8 Å². The molecular formula is C15H14N2O3S. The van der Waals surface area contributed by atoms with Gasteiger partial charge in [0.1, 0.15) is 5.75 Å².